The van der Waals surface area contributed by atoms with Gasteiger partial charge >= 0.3 is 0 Å². The maximum Gasteiger partial charge on any atom is 0.272 e. The fraction of sp³-hybridized carbons (Fsp3) is 0.0417. The lowest BCUT2D eigenvalue weighted by atomic mass is 10.0. The van der Waals surface area contributed by atoms with Gasteiger partial charge in [-0.3, -0.25) is 4.79 Å². The molecular weight excluding hydrogens is 362 g/mol. The summed E-state index contributed by atoms with van der Waals surface area (Å²) in [6, 6.07) is 25.9. The minimum Gasteiger partial charge on any atom is -0.507 e. The van der Waals surface area contributed by atoms with Gasteiger partial charge in [0.05, 0.1) is 22.5 Å². The summed E-state index contributed by atoms with van der Waals surface area (Å²) in [5.41, 5.74) is 6.56. The first kappa shape index (κ1) is 18.4. The van der Waals surface area contributed by atoms with Crippen molar-refractivity contribution >= 4 is 22.5 Å². The van der Waals surface area contributed by atoms with Gasteiger partial charge in [0.2, 0.25) is 0 Å². The highest BCUT2D eigenvalue weighted by Crippen LogP contribution is 2.25. The Labute approximate surface area is 168 Å². The van der Waals surface area contributed by atoms with Gasteiger partial charge in [-0.2, -0.15) is 5.10 Å². The molecule has 0 aliphatic carbocycles. The van der Waals surface area contributed by atoms with Gasteiger partial charge in [0.15, 0.2) is 0 Å². The van der Waals surface area contributed by atoms with Crippen LogP contribution in [0.1, 0.15) is 22.8 Å². The van der Waals surface area contributed by atoms with Crippen LogP contribution in [-0.4, -0.2) is 21.7 Å². The van der Waals surface area contributed by atoms with Crippen molar-refractivity contribution in [1.29, 1.82) is 0 Å². The van der Waals surface area contributed by atoms with Gasteiger partial charge in [-0.25, -0.2) is 10.4 Å². The highest BCUT2D eigenvalue weighted by atomic mass is 16.3. The van der Waals surface area contributed by atoms with Crippen molar-refractivity contribution < 1.29 is 9.90 Å². The second-order valence-corrected chi connectivity index (χ2v) is 6.59. The van der Waals surface area contributed by atoms with Crippen LogP contribution in [0.15, 0.2) is 90.0 Å². The van der Waals surface area contributed by atoms with Gasteiger partial charge in [0.25, 0.3) is 5.91 Å². The van der Waals surface area contributed by atoms with E-state index in [-0.39, 0.29) is 11.7 Å². The highest BCUT2D eigenvalue weighted by Gasteiger charge is 2.14. The molecule has 4 rings (SSSR count). The second kappa shape index (κ2) is 7.94. The second-order valence-electron chi connectivity index (χ2n) is 6.59. The van der Waals surface area contributed by atoms with E-state index in [1.54, 1.807) is 37.3 Å². The molecule has 0 saturated carbocycles. The molecule has 1 aromatic heterocycles. The van der Waals surface area contributed by atoms with Gasteiger partial charge in [0, 0.05) is 16.5 Å². The van der Waals surface area contributed by atoms with E-state index in [2.05, 4.69) is 10.5 Å². The van der Waals surface area contributed by atoms with E-state index in [0.29, 0.717) is 16.8 Å². The standard InChI is InChI=1S/C24H19N3O2/c1-16(18-11-6-8-14-23(18)28)26-27-24(29)20-15-22(17-9-3-2-4-10-17)25-21-13-7-5-12-19(20)21/h2-15,28H,1H3,(H,27,29)/b26-16+. The number of benzene rings is 3. The van der Waals surface area contributed by atoms with Gasteiger partial charge < -0.3 is 5.11 Å². The van der Waals surface area contributed by atoms with Crippen molar-refractivity contribution in [1.82, 2.24) is 10.4 Å². The van der Waals surface area contributed by atoms with Crippen molar-refractivity contribution in [2.45, 2.75) is 6.92 Å². The Balaban J connectivity index is 1.72. The number of carbonyl (C=O) groups is 1. The number of aromatic hydroxyl groups is 1. The van der Waals surface area contributed by atoms with Crippen LogP contribution >= 0.6 is 0 Å². The summed E-state index contributed by atoms with van der Waals surface area (Å²) < 4.78 is 0. The van der Waals surface area contributed by atoms with Crippen molar-refractivity contribution in [3.8, 4) is 17.0 Å². The molecule has 0 aliphatic rings. The lowest BCUT2D eigenvalue weighted by Gasteiger charge is -2.10. The first-order valence-electron chi connectivity index (χ1n) is 9.21. The van der Waals surface area contributed by atoms with Crippen molar-refractivity contribution in [2.75, 3.05) is 0 Å². The number of phenolic OH excluding ortho intramolecular Hbond substituents is 1. The predicted molar refractivity (Wildman–Crippen MR) is 115 cm³/mol. The molecule has 29 heavy (non-hydrogen) atoms. The van der Waals surface area contributed by atoms with E-state index in [1.807, 2.05) is 54.6 Å². The number of hydrogen-bond donors (Lipinski definition) is 2. The molecule has 0 aliphatic heterocycles. The monoisotopic (exact) mass is 381 g/mol. The Morgan fingerprint density at radius 1 is 0.897 bits per heavy atom. The molecule has 1 heterocycles. The van der Waals surface area contributed by atoms with Gasteiger partial charge in [-0.15, -0.1) is 0 Å². The lowest BCUT2D eigenvalue weighted by molar-refractivity contribution is 0.0956. The zero-order valence-corrected chi connectivity index (χ0v) is 15.8. The maximum atomic E-state index is 13.0. The number of carbonyl (C=O) groups excluding carboxylic acids is 1. The average molecular weight is 381 g/mol. The fourth-order valence-corrected chi connectivity index (χ4v) is 3.15. The predicted octanol–water partition coefficient (Wildman–Crippen LogP) is 4.76. The summed E-state index contributed by atoms with van der Waals surface area (Å²) in [4.78, 5) is 17.6. The summed E-state index contributed by atoms with van der Waals surface area (Å²) in [7, 11) is 0. The summed E-state index contributed by atoms with van der Waals surface area (Å²) in [5.74, 6) is -0.223. The maximum absolute atomic E-state index is 13.0. The van der Waals surface area contributed by atoms with Crippen LogP contribution in [0, 0.1) is 0 Å². The third kappa shape index (κ3) is 3.84. The third-order valence-corrected chi connectivity index (χ3v) is 4.65. The Bertz CT molecular complexity index is 1220. The highest BCUT2D eigenvalue weighted by molar-refractivity contribution is 6.08. The normalized spacial score (nSPS) is 11.4. The lowest BCUT2D eigenvalue weighted by Crippen LogP contribution is -2.20. The molecule has 1 amide bonds. The Morgan fingerprint density at radius 2 is 1.59 bits per heavy atom. The average Bonchev–Trinajstić information content (AvgIpc) is 2.77. The van der Waals surface area contributed by atoms with Crippen LogP contribution < -0.4 is 5.43 Å². The van der Waals surface area contributed by atoms with Gasteiger partial charge in [0.1, 0.15) is 5.75 Å². The SMILES string of the molecule is C/C(=N\NC(=O)c1cc(-c2ccccc2)nc2ccccc12)c1ccccc1O. The Hall–Kier alpha value is -3.99. The molecule has 142 valence electrons. The summed E-state index contributed by atoms with van der Waals surface area (Å²) in [6.07, 6.45) is 0. The molecule has 0 spiro atoms. The first-order valence-corrected chi connectivity index (χ1v) is 9.21. The first-order chi connectivity index (χ1) is 14.1. The zero-order chi connectivity index (χ0) is 20.2. The minimum atomic E-state index is -0.337. The molecular formula is C24H19N3O2. The van der Waals surface area contributed by atoms with Gasteiger partial charge in [-0.1, -0.05) is 60.7 Å². The van der Waals surface area contributed by atoms with E-state index in [0.717, 1.165) is 22.2 Å². The largest absolute Gasteiger partial charge is 0.507 e. The van der Waals surface area contributed by atoms with Crippen molar-refractivity contribution in [3.05, 3.63) is 96.1 Å². The third-order valence-electron chi connectivity index (χ3n) is 4.65. The Kier molecular flexibility index (Phi) is 5.03. The number of phenols is 1. The molecule has 0 unspecified atom stereocenters. The molecule has 0 bridgehead atoms. The number of fused-ring (bicyclic) bond motifs is 1. The Morgan fingerprint density at radius 3 is 2.38 bits per heavy atom. The molecule has 0 fully saturated rings. The molecule has 0 saturated heterocycles. The number of rotatable bonds is 4. The summed E-state index contributed by atoms with van der Waals surface area (Å²) >= 11 is 0. The van der Waals surface area contributed by atoms with Crippen LogP contribution in [-0.2, 0) is 0 Å². The quantitative estimate of drug-likeness (QED) is 0.395. The number of hydrogen-bond acceptors (Lipinski definition) is 4. The number of nitrogens with one attached hydrogen (secondary N) is 1. The molecule has 0 radical (unpaired) electrons. The molecule has 5 nitrogen and oxygen atoms in total. The van der Waals surface area contributed by atoms with E-state index in [9.17, 15) is 9.90 Å². The molecule has 4 aromatic rings. The van der Waals surface area contributed by atoms with Crippen molar-refractivity contribution in [2.24, 2.45) is 5.10 Å². The van der Waals surface area contributed by atoms with Crippen LogP contribution in [0.4, 0.5) is 0 Å². The number of para-hydroxylation sites is 2. The topological polar surface area (TPSA) is 74.6 Å². The minimum absolute atomic E-state index is 0.115. The number of aromatic nitrogens is 1. The van der Waals surface area contributed by atoms with E-state index in [1.165, 1.54) is 0 Å². The molecule has 5 heteroatoms. The van der Waals surface area contributed by atoms with E-state index in [4.69, 9.17) is 4.98 Å². The van der Waals surface area contributed by atoms with Crippen LogP contribution in [0.5, 0.6) is 5.75 Å². The molecule has 0 atom stereocenters. The summed E-state index contributed by atoms with van der Waals surface area (Å²) in [5, 5.41) is 14.9. The molecule has 3 aromatic carbocycles. The number of pyridine rings is 1. The van der Waals surface area contributed by atoms with Crippen LogP contribution in [0.2, 0.25) is 0 Å². The van der Waals surface area contributed by atoms with E-state index >= 15 is 0 Å². The number of amides is 1. The smallest absolute Gasteiger partial charge is 0.272 e. The zero-order valence-electron chi connectivity index (χ0n) is 15.8. The van der Waals surface area contributed by atoms with Crippen LogP contribution in [0.3, 0.4) is 0 Å². The van der Waals surface area contributed by atoms with Crippen LogP contribution in [0.25, 0.3) is 22.2 Å². The van der Waals surface area contributed by atoms with E-state index < -0.39 is 0 Å². The fourth-order valence-electron chi connectivity index (χ4n) is 3.15. The number of hydrazone groups is 1. The van der Waals surface area contributed by atoms with Crippen molar-refractivity contribution in [3.63, 3.8) is 0 Å². The van der Waals surface area contributed by atoms with Gasteiger partial charge in [-0.05, 0) is 31.2 Å². The number of nitrogens with zero attached hydrogens (tertiary/aromatic N) is 2. The molecule has 2 N–H and O–H groups in total. The summed E-state index contributed by atoms with van der Waals surface area (Å²) in [6.45, 7) is 1.73.